The van der Waals surface area contributed by atoms with Crippen molar-refractivity contribution in [2.75, 3.05) is 11.9 Å². The van der Waals surface area contributed by atoms with Crippen LogP contribution in [0.1, 0.15) is 5.56 Å². The second-order valence-electron chi connectivity index (χ2n) is 2.73. The number of aromatic nitrogens is 1. The van der Waals surface area contributed by atoms with Crippen molar-refractivity contribution in [1.29, 1.82) is 5.26 Å². The minimum atomic E-state index is -2.59. The fourth-order valence-electron chi connectivity index (χ4n) is 0.954. The zero-order chi connectivity index (χ0) is 12.1. The minimum absolute atomic E-state index is 0.0894. The van der Waals surface area contributed by atoms with E-state index in [0.717, 1.165) is 12.3 Å². The number of hydrogen-bond donors (Lipinski definition) is 1. The molecule has 1 aromatic rings. The predicted molar refractivity (Wildman–Crippen MR) is 50.1 cm³/mol. The summed E-state index contributed by atoms with van der Waals surface area (Å²) in [4.78, 5) is 13.2. The quantitative estimate of drug-likeness (QED) is 0.623. The molecule has 0 aromatic carbocycles. The van der Waals surface area contributed by atoms with Gasteiger partial charge in [0.25, 0.3) is 12.1 Å². The van der Waals surface area contributed by atoms with Crippen LogP contribution in [0.3, 0.4) is 0 Å². The van der Waals surface area contributed by atoms with Crippen molar-refractivity contribution in [2.45, 2.75) is 6.43 Å². The van der Waals surface area contributed by atoms with Crippen LogP contribution in [0.25, 0.3) is 0 Å². The van der Waals surface area contributed by atoms with Crippen LogP contribution in [0.5, 0.6) is 0 Å². The Morgan fingerprint density at radius 3 is 2.88 bits per heavy atom. The molecule has 8 heteroatoms. The van der Waals surface area contributed by atoms with Crippen molar-refractivity contribution in [3.05, 3.63) is 27.9 Å². The van der Waals surface area contributed by atoms with Crippen molar-refractivity contribution in [3.63, 3.8) is 0 Å². The molecule has 1 heterocycles. The molecule has 0 unspecified atom stereocenters. The van der Waals surface area contributed by atoms with E-state index >= 15 is 0 Å². The highest BCUT2D eigenvalue weighted by Gasteiger charge is 2.12. The number of nitrogens with zero attached hydrogens (tertiary/aromatic N) is 3. The maximum absolute atomic E-state index is 11.9. The van der Waals surface area contributed by atoms with Gasteiger partial charge in [-0.05, 0) is 0 Å². The van der Waals surface area contributed by atoms with Gasteiger partial charge in [-0.1, -0.05) is 0 Å². The van der Waals surface area contributed by atoms with Crippen molar-refractivity contribution in [2.24, 2.45) is 0 Å². The van der Waals surface area contributed by atoms with E-state index in [0.29, 0.717) is 0 Å². The molecule has 0 radical (unpaired) electrons. The smallest absolute Gasteiger partial charge is 0.289 e. The number of nitriles is 1. The Bertz CT molecular complexity index is 444. The summed E-state index contributed by atoms with van der Waals surface area (Å²) in [7, 11) is 0. The van der Waals surface area contributed by atoms with E-state index in [1.165, 1.54) is 0 Å². The summed E-state index contributed by atoms with van der Waals surface area (Å²) in [6.07, 6.45) is -1.70. The second kappa shape index (κ2) is 4.97. The van der Waals surface area contributed by atoms with Gasteiger partial charge in [0, 0.05) is 6.07 Å². The summed E-state index contributed by atoms with van der Waals surface area (Å²) < 4.78 is 23.8. The lowest BCUT2D eigenvalue weighted by Crippen LogP contribution is -2.12. The van der Waals surface area contributed by atoms with Crippen LogP contribution in [-0.4, -0.2) is 22.9 Å². The molecule has 0 aliphatic carbocycles. The SMILES string of the molecule is N#Cc1cc([N+](=O)[O-])cnc1NCC(F)F. The van der Waals surface area contributed by atoms with E-state index in [9.17, 15) is 18.9 Å². The number of halogens is 2. The molecule has 6 nitrogen and oxygen atoms in total. The lowest BCUT2D eigenvalue weighted by molar-refractivity contribution is -0.385. The molecule has 0 fully saturated rings. The Balaban J connectivity index is 2.94. The first kappa shape index (κ1) is 11.8. The van der Waals surface area contributed by atoms with E-state index in [2.05, 4.69) is 10.3 Å². The van der Waals surface area contributed by atoms with E-state index in [1.807, 2.05) is 0 Å². The number of nitrogens with one attached hydrogen (secondary N) is 1. The lowest BCUT2D eigenvalue weighted by atomic mass is 10.2. The average Bonchev–Trinajstić information content (AvgIpc) is 2.25. The van der Waals surface area contributed by atoms with Gasteiger partial charge in [-0.3, -0.25) is 10.1 Å². The van der Waals surface area contributed by atoms with Crippen molar-refractivity contribution >= 4 is 11.5 Å². The number of hydrogen-bond acceptors (Lipinski definition) is 5. The summed E-state index contributed by atoms with van der Waals surface area (Å²) in [5.74, 6) is -0.0894. The first-order chi connectivity index (χ1) is 7.54. The fourth-order valence-corrected chi connectivity index (χ4v) is 0.954. The van der Waals surface area contributed by atoms with Crippen LogP contribution in [0.2, 0.25) is 0 Å². The third-order valence-electron chi connectivity index (χ3n) is 1.63. The fraction of sp³-hybridized carbons (Fsp3) is 0.250. The Labute approximate surface area is 88.7 Å². The highest BCUT2D eigenvalue weighted by molar-refractivity contribution is 5.55. The lowest BCUT2D eigenvalue weighted by Gasteiger charge is -2.05. The molecular weight excluding hydrogens is 222 g/mol. The topological polar surface area (TPSA) is 91.8 Å². The van der Waals surface area contributed by atoms with Crippen LogP contribution in [0, 0.1) is 21.4 Å². The van der Waals surface area contributed by atoms with Gasteiger partial charge in [0.2, 0.25) is 0 Å². The van der Waals surface area contributed by atoms with Gasteiger partial charge >= 0.3 is 0 Å². The minimum Gasteiger partial charge on any atom is -0.363 e. The van der Waals surface area contributed by atoms with Crippen molar-refractivity contribution < 1.29 is 13.7 Å². The molecule has 0 saturated heterocycles. The predicted octanol–water partition coefficient (Wildman–Crippen LogP) is 1.54. The summed E-state index contributed by atoms with van der Waals surface area (Å²) in [5, 5.41) is 21.2. The number of alkyl halides is 2. The number of rotatable bonds is 4. The number of anilines is 1. The van der Waals surface area contributed by atoms with E-state index < -0.39 is 17.9 Å². The molecule has 0 spiro atoms. The first-order valence-corrected chi connectivity index (χ1v) is 4.11. The maximum atomic E-state index is 11.9. The number of nitro groups is 1. The summed E-state index contributed by atoms with van der Waals surface area (Å²) in [6, 6.07) is 2.61. The van der Waals surface area contributed by atoms with Crippen LogP contribution in [-0.2, 0) is 0 Å². The largest absolute Gasteiger partial charge is 0.363 e. The molecule has 1 aromatic heterocycles. The summed E-state index contributed by atoms with van der Waals surface area (Å²) in [5.41, 5.74) is -0.506. The van der Waals surface area contributed by atoms with Gasteiger partial charge in [-0.25, -0.2) is 13.8 Å². The molecule has 0 amide bonds. The first-order valence-electron chi connectivity index (χ1n) is 4.11. The zero-order valence-electron chi connectivity index (χ0n) is 7.85. The molecule has 0 atom stereocenters. The molecule has 0 bridgehead atoms. The Morgan fingerprint density at radius 1 is 1.69 bits per heavy atom. The highest BCUT2D eigenvalue weighted by atomic mass is 19.3. The Hall–Kier alpha value is -2.30. The highest BCUT2D eigenvalue weighted by Crippen LogP contribution is 2.18. The zero-order valence-corrected chi connectivity index (χ0v) is 7.85. The van der Waals surface area contributed by atoms with Crippen LogP contribution in [0.15, 0.2) is 12.3 Å². The van der Waals surface area contributed by atoms with Crippen LogP contribution in [0.4, 0.5) is 20.3 Å². The molecule has 16 heavy (non-hydrogen) atoms. The third-order valence-corrected chi connectivity index (χ3v) is 1.63. The number of pyridine rings is 1. The summed E-state index contributed by atoms with van der Waals surface area (Å²) >= 11 is 0. The van der Waals surface area contributed by atoms with E-state index in [4.69, 9.17) is 5.26 Å². The standard InChI is InChI=1S/C8H6F2N4O2/c9-7(10)4-13-8-5(2-11)1-6(3-12-8)14(15)16/h1,3,7H,4H2,(H,12,13). The molecule has 0 aliphatic rings. The molecule has 1 rings (SSSR count). The maximum Gasteiger partial charge on any atom is 0.289 e. The Kier molecular flexibility index (Phi) is 3.66. The average molecular weight is 228 g/mol. The molecule has 84 valence electrons. The monoisotopic (exact) mass is 228 g/mol. The Morgan fingerprint density at radius 2 is 2.38 bits per heavy atom. The van der Waals surface area contributed by atoms with Gasteiger partial charge in [0.05, 0.1) is 11.5 Å². The molecule has 1 N–H and O–H groups in total. The van der Waals surface area contributed by atoms with Gasteiger partial charge in [0.1, 0.15) is 23.6 Å². The summed E-state index contributed by atoms with van der Waals surface area (Å²) in [6.45, 7) is -0.667. The van der Waals surface area contributed by atoms with Crippen molar-refractivity contribution in [3.8, 4) is 6.07 Å². The van der Waals surface area contributed by atoms with Gasteiger partial charge < -0.3 is 5.32 Å². The molecular formula is C8H6F2N4O2. The van der Waals surface area contributed by atoms with E-state index in [-0.39, 0.29) is 17.1 Å². The molecule has 0 saturated carbocycles. The van der Waals surface area contributed by atoms with Crippen LogP contribution >= 0.6 is 0 Å². The normalized spacial score (nSPS) is 9.88. The molecule has 0 aliphatic heterocycles. The van der Waals surface area contributed by atoms with E-state index in [1.54, 1.807) is 6.07 Å². The third kappa shape index (κ3) is 2.84. The van der Waals surface area contributed by atoms with Crippen molar-refractivity contribution in [1.82, 2.24) is 4.98 Å². The van der Waals surface area contributed by atoms with Crippen LogP contribution < -0.4 is 5.32 Å². The van der Waals surface area contributed by atoms with Gasteiger partial charge in [-0.15, -0.1) is 0 Å². The van der Waals surface area contributed by atoms with Gasteiger partial charge in [-0.2, -0.15) is 5.26 Å². The van der Waals surface area contributed by atoms with Gasteiger partial charge in [0.15, 0.2) is 0 Å². The second-order valence-corrected chi connectivity index (χ2v) is 2.73.